The van der Waals surface area contributed by atoms with Crippen molar-refractivity contribution in [1.29, 1.82) is 0 Å². The Bertz CT molecular complexity index is 699. The van der Waals surface area contributed by atoms with Gasteiger partial charge in [-0.2, -0.15) is 0 Å². The first-order valence-electron chi connectivity index (χ1n) is 6.80. The molecule has 0 spiro atoms. The van der Waals surface area contributed by atoms with Crippen LogP contribution in [-0.2, 0) is 4.79 Å². The molecule has 0 saturated carbocycles. The molecule has 2 aromatic rings. The Morgan fingerprint density at radius 3 is 2.50 bits per heavy atom. The Morgan fingerprint density at radius 2 is 1.91 bits per heavy atom. The molecule has 0 fully saturated rings. The van der Waals surface area contributed by atoms with E-state index in [1.807, 2.05) is 32.0 Å². The van der Waals surface area contributed by atoms with E-state index in [1.165, 1.54) is 18.7 Å². The van der Waals surface area contributed by atoms with Gasteiger partial charge < -0.3 is 5.32 Å². The summed E-state index contributed by atoms with van der Waals surface area (Å²) in [7, 11) is 0. The summed E-state index contributed by atoms with van der Waals surface area (Å²) in [5.41, 5.74) is 2.86. The summed E-state index contributed by atoms with van der Waals surface area (Å²) in [5.74, 6) is 0.574. The molecular formula is C16H17N3O2S. The summed E-state index contributed by atoms with van der Waals surface area (Å²) in [6.45, 7) is 5.35. The molecule has 0 aliphatic rings. The van der Waals surface area contributed by atoms with Gasteiger partial charge in [-0.1, -0.05) is 35.5 Å². The van der Waals surface area contributed by atoms with Crippen molar-refractivity contribution < 1.29 is 9.59 Å². The van der Waals surface area contributed by atoms with Crippen molar-refractivity contribution >= 4 is 29.3 Å². The van der Waals surface area contributed by atoms with Crippen molar-refractivity contribution in [2.24, 2.45) is 0 Å². The maximum atomic E-state index is 12.2. The van der Waals surface area contributed by atoms with E-state index in [2.05, 4.69) is 15.5 Å². The van der Waals surface area contributed by atoms with Crippen LogP contribution in [-0.4, -0.2) is 27.6 Å². The van der Waals surface area contributed by atoms with Crippen LogP contribution >= 0.6 is 11.8 Å². The minimum absolute atomic E-state index is 0.0650. The summed E-state index contributed by atoms with van der Waals surface area (Å²) in [4.78, 5) is 23.1. The second-order valence-corrected chi connectivity index (χ2v) is 5.96. The highest BCUT2D eigenvalue weighted by Crippen LogP contribution is 2.19. The Balaban J connectivity index is 1.97. The lowest BCUT2D eigenvalue weighted by atomic mass is 10.0. The van der Waals surface area contributed by atoms with Crippen molar-refractivity contribution in [3.8, 4) is 0 Å². The molecule has 6 heteroatoms. The van der Waals surface area contributed by atoms with Gasteiger partial charge in [0.2, 0.25) is 5.91 Å². The van der Waals surface area contributed by atoms with Gasteiger partial charge in [-0.15, -0.1) is 10.2 Å². The number of nitrogens with one attached hydrogen (secondary N) is 1. The number of rotatable bonds is 5. The first kappa shape index (κ1) is 16.2. The largest absolute Gasteiger partial charge is 0.309 e. The number of hydrogen-bond acceptors (Lipinski definition) is 5. The van der Waals surface area contributed by atoms with Crippen LogP contribution in [0, 0.1) is 13.8 Å². The summed E-state index contributed by atoms with van der Waals surface area (Å²) in [5, 5.41) is 11.1. The number of ketones is 1. The highest BCUT2D eigenvalue weighted by molar-refractivity contribution is 7.99. The second kappa shape index (κ2) is 7.17. The zero-order valence-corrected chi connectivity index (χ0v) is 13.5. The third-order valence-electron chi connectivity index (χ3n) is 2.98. The van der Waals surface area contributed by atoms with Crippen molar-refractivity contribution in [3.63, 3.8) is 0 Å². The van der Waals surface area contributed by atoms with Crippen LogP contribution in [0.2, 0.25) is 0 Å². The molecule has 1 aromatic heterocycles. The smallest absolute Gasteiger partial charge is 0.222 e. The van der Waals surface area contributed by atoms with Crippen LogP contribution in [0.1, 0.15) is 28.4 Å². The van der Waals surface area contributed by atoms with Gasteiger partial charge in [0.25, 0.3) is 0 Å². The number of aryl methyl sites for hydroxylation is 2. The standard InChI is InChI=1S/C16H17N3O2S/c1-10-4-5-13(11(2)8-10)14(21)9-22-16-7-6-15(18-19-16)17-12(3)20/h4-8H,9H2,1-3H3,(H,17,18,20). The quantitative estimate of drug-likeness (QED) is 0.678. The first-order valence-corrected chi connectivity index (χ1v) is 7.79. The molecule has 1 N–H and O–H groups in total. The van der Waals surface area contributed by atoms with Crippen molar-refractivity contribution in [3.05, 3.63) is 47.0 Å². The third-order valence-corrected chi connectivity index (χ3v) is 3.90. The minimum Gasteiger partial charge on any atom is -0.309 e. The average molecular weight is 315 g/mol. The molecule has 22 heavy (non-hydrogen) atoms. The zero-order chi connectivity index (χ0) is 16.1. The van der Waals surface area contributed by atoms with Crippen molar-refractivity contribution in [2.45, 2.75) is 25.8 Å². The van der Waals surface area contributed by atoms with Gasteiger partial charge in [0, 0.05) is 12.5 Å². The molecule has 0 unspecified atom stereocenters. The van der Waals surface area contributed by atoms with Crippen LogP contribution in [0.4, 0.5) is 5.82 Å². The van der Waals surface area contributed by atoms with E-state index in [0.29, 0.717) is 16.6 Å². The number of carbonyl (C=O) groups is 2. The van der Waals surface area contributed by atoms with Crippen molar-refractivity contribution in [1.82, 2.24) is 10.2 Å². The molecule has 1 heterocycles. The van der Waals surface area contributed by atoms with Gasteiger partial charge in [-0.25, -0.2) is 0 Å². The number of Topliss-reactive ketones (excluding diaryl/α,β-unsaturated/α-hetero) is 1. The van der Waals surface area contributed by atoms with Crippen LogP contribution < -0.4 is 5.32 Å². The molecule has 0 bridgehead atoms. The van der Waals surface area contributed by atoms with Gasteiger partial charge in [-0.05, 0) is 31.5 Å². The SMILES string of the molecule is CC(=O)Nc1ccc(SCC(=O)c2ccc(C)cc2C)nn1. The fraction of sp³-hybridized carbons (Fsp3) is 0.250. The monoisotopic (exact) mass is 315 g/mol. The summed E-state index contributed by atoms with van der Waals surface area (Å²) >= 11 is 1.33. The van der Waals surface area contributed by atoms with E-state index in [1.54, 1.807) is 12.1 Å². The van der Waals surface area contributed by atoms with Gasteiger partial charge in [-0.3, -0.25) is 9.59 Å². The van der Waals surface area contributed by atoms with E-state index in [9.17, 15) is 9.59 Å². The number of nitrogens with zero attached hydrogens (tertiary/aromatic N) is 2. The van der Waals surface area contributed by atoms with Crippen LogP contribution in [0.5, 0.6) is 0 Å². The lowest BCUT2D eigenvalue weighted by molar-refractivity contribution is -0.114. The summed E-state index contributed by atoms with van der Waals surface area (Å²) in [6, 6.07) is 9.20. The molecule has 0 saturated heterocycles. The summed E-state index contributed by atoms with van der Waals surface area (Å²) in [6.07, 6.45) is 0. The maximum absolute atomic E-state index is 12.2. The molecule has 1 aromatic carbocycles. The Morgan fingerprint density at radius 1 is 1.14 bits per heavy atom. The second-order valence-electron chi connectivity index (χ2n) is 4.97. The molecule has 5 nitrogen and oxygen atoms in total. The third kappa shape index (κ3) is 4.39. The van der Waals surface area contributed by atoms with Gasteiger partial charge >= 0.3 is 0 Å². The van der Waals surface area contributed by atoms with E-state index in [4.69, 9.17) is 0 Å². The topological polar surface area (TPSA) is 72.0 Å². The van der Waals surface area contributed by atoms with E-state index in [-0.39, 0.29) is 11.7 Å². The highest BCUT2D eigenvalue weighted by Gasteiger charge is 2.10. The molecule has 114 valence electrons. The number of anilines is 1. The van der Waals surface area contributed by atoms with Crippen LogP contribution in [0.25, 0.3) is 0 Å². The average Bonchev–Trinajstić information content (AvgIpc) is 2.45. The van der Waals surface area contributed by atoms with Gasteiger partial charge in [0.05, 0.1) is 5.75 Å². The van der Waals surface area contributed by atoms with Crippen LogP contribution in [0.3, 0.4) is 0 Å². The fourth-order valence-electron chi connectivity index (χ4n) is 1.99. The Labute approximate surface area is 133 Å². The van der Waals surface area contributed by atoms with Gasteiger partial charge in [0.1, 0.15) is 5.03 Å². The van der Waals surface area contributed by atoms with E-state index < -0.39 is 0 Å². The molecule has 0 radical (unpaired) electrons. The fourth-order valence-corrected chi connectivity index (χ4v) is 2.69. The molecule has 0 aliphatic carbocycles. The number of thioether (sulfide) groups is 1. The van der Waals surface area contributed by atoms with Gasteiger partial charge in [0.15, 0.2) is 11.6 Å². The Kier molecular flexibility index (Phi) is 5.27. The summed E-state index contributed by atoms with van der Waals surface area (Å²) < 4.78 is 0. The maximum Gasteiger partial charge on any atom is 0.222 e. The van der Waals surface area contributed by atoms with E-state index >= 15 is 0 Å². The lowest BCUT2D eigenvalue weighted by Crippen LogP contribution is -2.08. The first-order chi connectivity index (χ1) is 10.5. The van der Waals surface area contributed by atoms with Crippen molar-refractivity contribution in [2.75, 3.05) is 11.1 Å². The number of aromatic nitrogens is 2. The number of benzene rings is 1. The normalized spacial score (nSPS) is 10.3. The molecular weight excluding hydrogens is 298 g/mol. The zero-order valence-electron chi connectivity index (χ0n) is 12.7. The predicted octanol–water partition coefficient (Wildman–Crippen LogP) is 3.03. The Hall–Kier alpha value is -2.21. The molecule has 0 aliphatic heterocycles. The predicted molar refractivity (Wildman–Crippen MR) is 87.3 cm³/mol. The molecule has 2 rings (SSSR count). The lowest BCUT2D eigenvalue weighted by Gasteiger charge is -2.06. The van der Waals surface area contributed by atoms with Crippen LogP contribution in [0.15, 0.2) is 35.4 Å². The molecule has 0 atom stereocenters. The number of hydrogen-bond donors (Lipinski definition) is 1. The number of carbonyl (C=O) groups excluding carboxylic acids is 2. The minimum atomic E-state index is -0.195. The highest BCUT2D eigenvalue weighted by atomic mass is 32.2. The molecule has 1 amide bonds. The number of amides is 1. The van der Waals surface area contributed by atoms with E-state index in [0.717, 1.165) is 16.7 Å².